The van der Waals surface area contributed by atoms with Crippen molar-refractivity contribution in [3.8, 4) is 0 Å². The van der Waals surface area contributed by atoms with Crippen molar-refractivity contribution in [1.29, 1.82) is 0 Å². The summed E-state index contributed by atoms with van der Waals surface area (Å²) in [7, 11) is 3.29. The summed E-state index contributed by atoms with van der Waals surface area (Å²) in [4.78, 5) is 16.2. The lowest BCUT2D eigenvalue weighted by Crippen LogP contribution is -2.19. The monoisotopic (exact) mass is 388 g/mol. The van der Waals surface area contributed by atoms with Gasteiger partial charge < -0.3 is 16.0 Å². The molecule has 2 heterocycles. The molecule has 0 fully saturated rings. The van der Waals surface area contributed by atoms with Crippen LogP contribution in [0.25, 0.3) is 0 Å². The fourth-order valence-electron chi connectivity index (χ4n) is 2.57. The van der Waals surface area contributed by atoms with Crippen molar-refractivity contribution in [2.24, 2.45) is 7.05 Å². The second kappa shape index (κ2) is 7.63. The quantitative estimate of drug-likeness (QED) is 0.619. The van der Waals surface area contributed by atoms with Crippen LogP contribution in [-0.2, 0) is 7.05 Å². The number of hydrogen-bond donors (Lipinski definition) is 3. The van der Waals surface area contributed by atoms with Crippen molar-refractivity contribution in [2.75, 3.05) is 17.7 Å². The van der Waals surface area contributed by atoms with Gasteiger partial charge in [-0.15, -0.1) is 0 Å². The molecule has 0 saturated carbocycles. The van der Waals surface area contributed by atoms with Crippen LogP contribution in [0.4, 0.5) is 27.4 Å². The number of halogens is 2. The van der Waals surface area contributed by atoms with E-state index in [-0.39, 0.29) is 16.3 Å². The van der Waals surface area contributed by atoms with Crippen LogP contribution in [-0.4, -0.2) is 27.7 Å². The zero-order chi connectivity index (χ0) is 19.6. The average Bonchev–Trinajstić information content (AvgIpc) is 2.95. The van der Waals surface area contributed by atoms with E-state index in [4.69, 9.17) is 11.6 Å². The van der Waals surface area contributed by atoms with Crippen molar-refractivity contribution in [1.82, 2.24) is 20.1 Å². The van der Waals surface area contributed by atoms with Gasteiger partial charge in [0.05, 0.1) is 33.9 Å². The van der Waals surface area contributed by atoms with E-state index in [0.717, 1.165) is 11.5 Å². The lowest BCUT2D eigenvalue weighted by molar-refractivity contribution is 0.0963. The normalized spacial score (nSPS) is 10.6. The van der Waals surface area contributed by atoms with Crippen molar-refractivity contribution in [2.45, 2.75) is 6.92 Å². The third-order valence-corrected chi connectivity index (χ3v) is 4.16. The van der Waals surface area contributed by atoms with Gasteiger partial charge in [0.2, 0.25) is 0 Å². The number of carbonyl (C=O) groups is 1. The smallest absolute Gasteiger partial charge is 0.253 e. The van der Waals surface area contributed by atoms with Gasteiger partial charge in [-0.25, -0.2) is 9.37 Å². The molecule has 140 valence electrons. The fourth-order valence-corrected chi connectivity index (χ4v) is 2.72. The van der Waals surface area contributed by atoms with Gasteiger partial charge in [-0.3, -0.25) is 9.48 Å². The summed E-state index contributed by atoms with van der Waals surface area (Å²) in [5.74, 6) is 0.250. The summed E-state index contributed by atoms with van der Waals surface area (Å²) in [6.07, 6.45) is 1.44. The van der Waals surface area contributed by atoms with Gasteiger partial charge in [-0.2, -0.15) is 5.10 Å². The van der Waals surface area contributed by atoms with E-state index in [0.29, 0.717) is 11.5 Å². The highest BCUT2D eigenvalue weighted by Crippen LogP contribution is 2.31. The van der Waals surface area contributed by atoms with Crippen molar-refractivity contribution in [3.63, 3.8) is 0 Å². The summed E-state index contributed by atoms with van der Waals surface area (Å²) in [6, 6.07) is 7.75. The van der Waals surface area contributed by atoms with Gasteiger partial charge in [0.1, 0.15) is 17.5 Å². The van der Waals surface area contributed by atoms with E-state index >= 15 is 0 Å². The van der Waals surface area contributed by atoms with E-state index in [1.54, 1.807) is 17.8 Å². The Labute approximate surface area is 160 Å². The number of para-hydroxylation sites is 1. The molecule has 3 rings (SSSR count). The number of carbonyl (C=O) groups excluding carboxylic acids is 1. The molecule has 7 nitrogen and oxygen atoms in total. The Kier molecular flexibility index (Phi) is 5.27. The molecule has 0 saturated heterocycles. The third-order valence-electron chi connectivity index (χ3n) is 3.86. The summed E-state index contributed by atoms with van der Waals surface area (Å²) in [5, 5.41) is 13.1. The van der Waals surface area contributed by atoms with E-state index in [1.165, 1.54) is 31.4 Å². The number of aryl methyl sites for hydroxylation is 2. The molecule has 9 heteroatoms. The molecular weight excluding hydrogens is 371 g/mol. The zero-order valence-electron chi connectivity index (χ0n) is 15.0. The predicted octanol–water partition coefficient (Wildman–Crippen LogP) is 3.76. The minimum Gasteiger partial charge on any atom is -0.355 e. The standard InChI is InChI=1S/C18H18ClFN6O/c1-10-7-16(26(3)25-10)24-15-8-14(12(19)9-22-15)23-17-11(18(27)21-2)5-4-6-13(17)20/h4-9H,1-3H3,(H,21,27)(H2,22,23,24). The van der Waals surface area contributed by atoms with E-state index in [2.05, 4.69) is 26.0 Å². The Morgan fingerprint density at radius 1 is 1.26 bits per heavy atom. The molecule has 0 atom stereocenters. The minimum absolute atomic E-state index is 0.0345. The first-order valence-corrected chi connectivity index (χ1v) is 8.47. The molecule has 2 aromatic heterocycles. The molecule has 3 N–H and O–H groups in total. The van der Waals surface area contributed by atoms with Crippen LogP contribution in [0.2, 0.25) is 5.02 Å². The van der Waals surface area contributed by atoms with Gasteiger partial charge in [0, 0.05) is 26.2 Å². The van der Waals surface area contributed by atoms with Crippen molar-refractivity contribution < 1.29 is 9.18 Å². The topological polar surface area (TPSA) is 83.9 Å². The van der Waals surface area contributed by atoms with E-state index < -0.39 is 11.7 Å². The number of amides is 1. The molecule has 1 aromatic carbocycles. The highest BCUT2D eigenvalue weighted by molar-refractivity contribution is 6.33. The molecule has 3 aromatic rings. The lowest BCUT2D eigenvalue weighted by atomic mass is 10.1. The van der Waals surface area contributed by atoms with Crippen LogP contribution < -0.4 is 16.0 Å². The number of rotatable bonds is 5. The average molecular weight is 389 g/mol. The largest absolute Gasteiger partial charge is 0.355 e. The lowest BCUT2D eigenvalue weighted by Gasteiger charge is -2.14. The first-order chi connectivity index (χ1) is 12.9. The van der Waals surface area contributed by atoms with Crippen LogP contribution in [0.15, 0.2) is 36.5 Å². The Morgan fingerprint density at radius 3 is 2.70 bits per heavy atom. The van der Waals surface area contributed by atoms with Gasteiger partial charge in [0.15, 0.2) is 0 Å². The summed E-state index contributed by atoms with van der Waals surface area (Å²) >= 11 is 6.21. The second-order valence-electron chi connectivity index (χ2n) is 5.84. The molecule has 0 aliphatic rings. The maximum absolute atomic E-state index is 14.3. The van der Waals surface area contributed by atoms with Crippen molar-refractivity contribution in [3.05, 3.63) is 58.6 Å². The molecule has 0 radical (unpaired) electrons. The maximum atomic E-state index is 14.3. The number of nitrogens with one attached hydrogen (secondary N) is 3. The molecular formula is C18H18ClFN6O. The van der Waals surface area contributed by atoms with Crippen LogP contribution in [0.1, 0.15) is 16.1 Å². The van der Waals surface area contributed by atoms with Crippen LogP contribution in [0.3, 0.4) is 0 Å². The first kappa shape index (κ1) is 18.7. The second-order valence-corrected chi connectivity index (χ2v) is 6.24. The Hall–Kier alpha value is -3.13. The Balaban J connectivity index is 1.94. The molecule has 0 aliphatic heterocycles. The molecule has 0 aliphatic carbocycles. The third kappa shape index (κ3) is 4.01. The number of benzene rings is 1. The van der Waals surface area contributed by atoms with Gasteiger partial charge in [0.25, 0.3) is 5.91 Å². The van der Waals surface area contributed by atoms with Gasteiger partial charge in [-0.05, 0) is 19.1 Å². The Morgan fingerprint density at radius 2 is 2.04 bits per heavy atom. The van der Waals surface area contributed by atoms with E-state index in [1.807, 2.05) is 13.0 Å². The molecule has 0 bridgehead atoms. The number of nitrogens with zero attached hydrogens (tertiary/aromatic N) is 3. The SMILES string of the molecule is CNC(=O)c1cccc(F)c1Nc1cc(Nc2cc(C)nn2C)ncc1Cl. The zero-order valence-corrected chi connectivity index (χ0v) is 15.7. The minimum atomic E-state index is -0.569. The molecule has 1 amide bonds. The van der Waals surface area contributed by atoms with E-state index in [9.17, 15) is 9.18 Å². The molecule has 27 heavy (non-hydrogen) atoms. The molecule has 0 unspecified atom stereocenters. The highest BCUT2D eigenvalue weighted by atomic mass is 35.5. The highest BCUT2D eigenvalue weighted by Gasteiger charge is 2.16. The number of aromatic nitrogens is 3. The first-order valence-electron chi connectivity index (χ1n) is 8.10. The van der Waals surface area contributed by atoms with Gasteiger partial charge >= 0.3 is 0 Å². The summed E-state index contributed by atoms with van der Waals surface area (Å²) in [6.45, 7) is 1.88. The molecule has 0 spiro atoms. The summed E-state index contributed by atoms with van der Waals surface area (Å²) < 4.78 is 16.0. The summed E-state index contributed by atoms with van der Waals surface area (Å²) in [5.41, 5.74) is 1.46. The number of hydrogen-bond acceptors (Lipinski definition) is 5. The predicted molar refractivity (Wildman–Crippen MR) is 104 cm³/mol. The number of pyridine rings is 1. The van der Waals surface area contributed by atoms with Crippen molar-refractivity contribution >= 4 is 40.5 Å². The fraction of sp³-hybridized carbons (Fsp3) is 0.167. The van der Waals surface area contributed by atoms with Crippen LogP contribution in [0, 0.1) is 12.7 Å². The van der Waals surface area contributed by atoms with Gasteiger partial charge in [-0.1, -0.05) is 17.7 Å². The van der Waals surface area contributed by atoms with Crippen LogP contribution >= 0.6 is 11.6 Å². The maximum Gasteiger partial charge on any atom is 0.253 e. The van der Waals surface area contributed by atoms with Crippen LogP contribution in [0.5, 0.6) is 0 Å². The number of anilines is 4. The Bertz CT molecular complexity index is 1000.